The topological polar surface area (TPSA) is 65.2 Å². The smallest absolute Gasteiger partial charge is 0.309 e. The maximum Gasteiger partial charge on any atom is 0.309 e. The number of hydrogen-bond acceptors (Lipinski definition) is 4. The third-order valence-electron chi connectivity index (χ3n) is 1.31. The summed E-state index contributed by atoms with van der Waals surface area (Å²) in [6, 6.07) is 3.41. The van der Waals surface area contributed by atoms with Crippen molar-refractivity contribution in [3.05, 3.63) is 17.7 Å². The average Bonchev–Trinajstić information content (AvgIpc) is 1.96. The minimum absolute atomic E-state index is 0.280. The van der Waals surface area contributed by atoms with Crippen LogP contribution in [0.15, 0.2) is 12.1 Å². The van der Waals surface area contributed by atoms with Crippen LogP contribution in [0.4, 0.5) is 5.82 Å². The summed E-state index contributed by atoms with van der Waals surface area (Å²) in [5.74, 6) is 0.232. The number of ether oxygens (including phenoxy) is 1. The average molecular weight is 166 g/mol. The second-order valence-corrected chi connectivity index (χ2v) is 2.45. The largest absolute Gasteiger partial charge is 0.407 e. The molecule has 0 atom stereocenters. The zero-order chi connectivity index (χ0) is 9.14. The molecule has 0 aromatic carbocycles. The number of nitrogens with zero attached hydrogens (tertiary/aromatic N) is 1. The van der Waals surface area contributed by atoms with Crippen molar-refractivity contribution in [2.45, 2.75) is 13.8 Å². The summed E-state index contributed by atoms with van der Waals surface area (Å²) >= 11 is 0. The Hall–Kier alpha value is -1.58. The van der Waals surface area contributed by atoms with Gasteiger partial charge in [-0.15, -0.1) is 0 Å². The van der Waals surface area contributed by atoms with Crippen LogP contribution in [0, 0.1) is 6.92 Å². The van der Waals surface area contributed by atoms with Gasteiger partial charge in [0.15, 0.2) is 0 Å². The Bertz CT molecular complexity index is 310. The molecule has 0 aliphatic rings. The van der Waals surface area contributed by atoms with Crippen LogP contribution in [0.3, 0.4) is 0 Å². The first-order chi connectivity index (χ1) is 5.59. The minimum atomic E-state index is -0.392. The van der Waals surface area contributed by atoms with Crippen molar-refractivity contribution in [2.75, 3.05) is 5.73 Å². The van der Waals surface area contributed by atoms with E-state index in [1.165, 1.54) is 6.92 Å². The van der Waals surface area contributed by atoms with E-state index in [4.69, 9.17) is 10.5 Å². The molecule has 2 N–H and O–H groups in total. The number of aromatic nitrogens is 1. The first-order valence-electron chi connectivity index (χ1n) is 3.51. The van der Waals surface area contributed by atoms with Gasteiger partial charge in [-0.2, -0.15) is 4.98 Å². The molecule has 12 heavy (non-hydrogen) atoms. The third-order valence-corrected chi connectivity index (χ3v) is 1.31. The predicted molar refractivity (Wildman–Crippen MR) is 44.7 cm³/mol. The highest BCUT2D eigenvalue weighted by molar-refractivity contribution is 5.69. The van der Waals surface area contributed by atoms with E-state index in [0.717, 1.165) is 5.56 Å². The number of esters is 1. The molecule has 1 aromatic heterocycles. The van der Waals surface area contributed by atoms with Crippen LogP contribution >= 0.6 is 0 Å². The first-order valence-corrected chi connectivity index (χ1v) is 3.51. The number of nitrogen functional groups attached to an aromatic ring is 1. The highest BCUT2D eigenvalue weighted by atomic mass is 16.5. The van der Waals surface area contributed by atoms with E-state index in [0.29, 0.717) is 5.82 Å². The Balaban J connectivity index is 2.97. The maximum absolute atomic E-state index is 10.6. The van der Waals surface area contributed by atoms with Crippen molar-refractivity contribution in [3.63, 3.8) is 0 Å². The standard InChI is InChI=1S/C8H10N2O2/c1-5-3-4-7(9)10-8(5)12-6(2)11/h3-4H,1-2H3,(H2,9,10). The van der Waals surface area contributed by atoms with Gasteiger partial charge in [0.2, 0.25) is 5.88 Å². The molecule has 1 heterocycles. The molecule has 0 radical (unpaired) electrons. The van der Waals surface area contributed by atoms with Crippen LogP contribution in [0.25, 0.3) is 0 Å². The molecule has 0 amide bonds. The van der Waals surface area contributed by atoms with Crippen LogP contribution in [0.1, 0.15) is 12.5 Å². The van der Waals surface area contributed by atoms with E-state index < -0.39 is 5.97 Å². The molecule has 0 aliphatic carbocycles. The van der Waals surface area contributed by atoms with Gasteiger partial charge in [-0.25, -0.2) is 0 Å². The zero-order valence-electron chi connectivity index (χ0n) is 7.00. The third kappa shape index (κ3) is 1.95. The van der Waals surface area contributed by atoms with E-state index in [2.05, 4.69) is 4.98 Å². The number of anilines is 1. The summed E-state index contributed by atoms with van der Waals surface area (Å²) in [6.45, 7) is 3.12. The highest BCUT2D eigenvalue weighted by Crippen LogP contribution is 2.15. The number of nitrogens with two attached hydrogens (primary N) is 1. The summed E-state index contributed by atoms with van der Waals surface area (Å²) in [5.41, 5.74) is 6.19. The summed E-state index contributed by atoms with van der Waals surface area (Å²) in [4.78, 5) is 14.4. The van der Waals surface area contributed by atoms with Crippen molar-refractivity contribution in [1.82, 2.24) is 4.98 Å². The van der Waals surface area contributed by atoms with Gasteiger partial charge < -0.3 is 10.5 Å². The van der Waals surface area contributed by atoms with Gasteiger partial charge in [0.05, 0.1) is 0 Å². The number of carbonyl (C=O) groups excluding carboxylic acids is 1. The maximum atomic E-state index is 10.6. The lowest BCUT2D eigenvalue weighted by molar-refractivity contribution is -0.132. The van der Waals surface area contributed by atoms with E-state index >= 15 is 0 Å². The van der Waals surface area contributed by atoms with Crippen LogP contribution in [-0.2, 0) is 4.79 Å². The molecule has 64 valence electrons. The molecule has 1 aromatic rings. The fourth-order valence-corrected chi connectivity index (χ4v) is 0.764. The highest BCUT2D eigenvalue weighted by Gasteiger charge is 2.03. The summed E-state index contributed by atoms with van der Waals surface area (Å²) in [6.07, 6.45) is 0. The summed E-state index contributed by atoms with van der Waals surface area (Å²) in [7, 11) is 0. The Kier molecular flexibility index (Phi) is 2.28. The number of pyridine rings is 1. The molecular formula is C8H10N2O2. The molecule has 0 saturated carbocycles. The predicted octanol–water partition coefficient (Wildman–Crippen LogP) is 0.898. The Labute approximate surface area is 70.4 Å². The fraction of sp³-hybridized carbons (Fsp3) is 0.250. The lowest BCUT2D eigenvalue weighted by atomic mass is 10.3. The molecule has 4 nitrogen and oxygen atoms in total. The lowest BCUT2D eigenvalue weighted by Gasteiger charge is -2.03. The van der Waals surface area contributed by atoms with Crippen molar-refractivity contribution in [2.24, 2.45) is 0 Å². The van der Waals surface area contributed by atoms with Gasteiger partial charge >= 0.3 is 5.97 Å². The van der Waals surface area contributed by atoms with E-state index in [1.54, 1.807) is 19.1 Å². The van der Waals surface area contributed by atoms with Crippen LogP contribution in [-0.4, -0.2) is 11.0 Å². The van der Waals surface area contributed by atoms with Crippen LogP contribution in [0.2, 0.25) is 0 Å². The molecule has 0 saturated heterocycles. The van der Waals surface area contributed by atoms with E-state index in [1.807, 2.05) is 0 Å². The zero-order valence-corrected chi connectivity index (χ0v) is 7.00. The molecule has 0 fully saturated rings. The Morgan fingerprint density at radius 2 is 2.25 bits per heavy atom. The number of carbonyl (C=O) groups is 1. The summed E-state index contributed by atoms with van der Waals surface area (Å²) < 4.78 is 4.80. The van der Waals surface area contributed by atoms with Gasteiger partial charge in [-0.05, 0) is 13.0 Å². The second kappa shape index (κ2) is 3.21. The fourth-order valence-electron chi connectivity index (χ4n) is 0.764. The van der Waals surface area contributed by atoms with Crippen molar-refractivity contribution < 1.29 is 9.53 Å². The van der Waals surface area contributed by atoms with E-state index in [-0.39, 0.29) is 5.88 Å². The SMILES string of the molecule is CC(=O)Oc1nc(N)ccc1C. The first kappa shape index (κ1) is 8.52. The van der Waals surface area contributed by atoms with Crippen molar-refractivity contribution in [1.29, 1.82) is 0 Å². The normalized spacial score (nSPS) is 9.50. The monoisotopic (exact) mass is 166 g/mol. The van der Waals surface area contributed by atoms with Gasteiger partial charge in [-0.3, -0.25) is 4.79 Å². The van der Waals surface area contributed by atoms with Crippen molar-refractivity contribution in [3.8, 4) is 5.88 Å². The van der Waals surface area contributed by atoms with Gasteiger partial charge in [-0.1, -0.05) is 6.07 Å². The van der Waals surface area contributed by atoms with E-state index in [9.17, 15) is 4.79 Å². The molecule has 0 aliphatic heterocycles. The minimum Gasteiger partial charge on any atom is -0.407 e. The van der Waals surface area contributed by atoms with Crippen LogP contribution in [0.5, 0.6) is 5.88 Å². The molecular weight excluding hydrogens is 156 g/mol. The number of aryl methyl sites for hydroxylation is 1. The number of rotatable bonds is 1. The molecule has 0 spiro atoms. The van der Waals surface area contributed by atoms with Gasteiger partial charge in [0, 0.05) is 12.5 Å². The van der Waals surface area contributed by atoms with Crippen molar-refractivity contribution >= 4 is 11.8 Å². The molecule has 0 unspecified atom stereocenters. The number of hydrogen-bond donors (Lipinski definition) is 1. The Morgan fingerprint density at radius 3 is 2.83 bits per heavy atom. The van der Waals surface area contributed by atoms with Gasteiger partial charge in [0.1, 0.15) is 5.82 Å². The lowest BCUT2D eigenvalue weighted by Crippen LogP contribution is -2.05. The second-order valence-electron chi connectivity index (χ2n) is 2.45. The quantitative estimate of drug-likeness (QED) is 0.629. The summed E-state index contributed by atoms with van der Waals surface area (Å²) in [5, 5.41) is 0. The van der Waals surface area contributed by atoms with Crippen LogP contribution < -0.4 is 10.5 Å². The molecule has 4 heteroatoms. The molecule has 0 bridgehead atoms. The molecule has 1 rings (SSSR count). The Morgan fingerprint density at radius 1 is 1.58 bits per heavy atom. The van der Waals surface area contributed by atoms with Gasteiger partial charge in [0.25, 0.3) is 0 Å².